The molecule has 2 heterocycles. The van der Waals surface area contributed by atoms with Crippen LogP contribution in [-0.4, -0.2) is 68.3 Å². The van der Waals surface area contributed by atoms with E-state index in [0.29, 0.717) is 42.8 Å². The molecule has 1 atom stereocenters. The Morgan fingerprint density at radius 1 is 1.15 bits per heavy atom. The maximum Gasteiger partial charge on any atom is 0.245 e. The number of likely N-dealkylation sites (N-methyl/N-ethyl adjacent to an activating group) is 1. The summed E-state index contributed by atoms with van der Waals surface area (Å²) in [5, 5.41) is 4.02. The average Bonchev–Trinajstić information content (AvgIpc) is 3.35. The number of pyridine rings is 1. The molecule has 1 fully saturated rings. The molecule has 39 heavy (non-hydrogen) atoms. The van der Waals surface area contributed by atoms with E-state index in [1.807, 2.05) is 50.2 Å². The Kier molecular flexibility index (Phi) is 12.1. The van der Waals surface area contributed by atoms with Gasteiger partial charge in [-0.05, 0) is 58.1 Å². The van der Waals surface area contributed by atoms with Crippen LogP contribution in [0, 0.1) is 6.92 Å². The second-order valence-corrected chi connectivity index (χ2v) is 11.9. The minimum Gasteiger partial charge on any atom is -0.487 e. The lowest BCUT2D eigenvalue weighted by Crippen LogP contribution is -2.47. The number of nitrogens with zero attached hydrogens (tertiary/aromatic N) is 3. The molecule has 214 valence electrons. The zero-order chi connectivity index (χ0) is 26.7. The predicted octanol–water partition coefficient (Wildman–Crippen LogP) is 5.10. The van der Waals surface area contributed by atoms with Gasteiger partial charge in [-0.25, -0.2) is 13.4 Å². The van der Waals surface area contributed by atoms with Crippen LogP contribution in [0.3, 0.4) is 0 Å². The number of sulfonamides is 1. The molecule has 2 aromatic carbocycles. The molecular formula is C26H32Cl4N4O4S. The van der Waals surface area contributed by atoms with E-state index in [-0.39, 0.29) is 58.8 Å². The molecule has 8 nitrogen and oxygen atoms in total. The van der Waals surface area contributed by atoms with Gasteiger partial charge < -0.3 is 15.0 Å². The fourth-order valence-corrected chi connectivity index (χ4v) is 6.85. The van der Waals surface area contributed by atoms with Crippen molar-refractivity contribution in [2.45, 2.75) is 37.3 Å². The molecule has 0 radical (unpaired) electrons. The lowest BCUT2D eigenvalue weighted by atomic mass is 10.2. The number of hydrogen-bond donors (Lipinski definition) is 1. The fraction of sp³-hybridized carbons (Fsp3) is 0.385. The lowest BCUT2D eigenvalue weighted by molar-refractivity contribution is -0.124. The number of aryl methyl sites for hydroxylation is 1. The lowest BCUT2D eigenvalue weighted by Gasteiger charge is -2.25. The number of para-hydroxylation sites is 1. The van der Waals surface area contributed by atoms with Crippen LogP contribution < -0.4 is 10.1 Å². The van der Waals surface area contributed by atoms with Crippen LogP contribution in [-0.2, 0) is 21.4 Å². The molecular weight excluding hydrogens is 606 g/mol. The number of rotatable bonds is 9. The molecule has 1 aliphatic rings. The molecule has 1 amide bonds. The third-order valence-corrected chi connectivity index (χ3v) is 9.14. The second-order valence-electron chi connectivity index (χ2n) is 9.28. The quantitative estimate of drug-likeness (QED) is 0.351. The van der Waals surface area contributed by atoms with Gasteiger partial charge in [0.15, 0.2) is 0 Å². The first-order chi connectivity index (χ1) is 17.6. The van der Waals surface area contributed by atoms with Crippen molar-refractivity contribution in [3.63, 3.8) is 0 Å². The first kappa shape index (κ1) is 33.4. The van der Waals surface area contributed by atoms with E-state index in [2.05, 4.69) is 10.3 Å². The highest BCUT2D eigenvalue weighted by molar-refractivity contribution is 7.89. The molecule has 0 bridgehead atoms. The summed E-state index contributed by atoms with van der Waals surface area (Å²) in [6.45, 7) is 3.17. The first-order valence-electron chi connectivity index (χ1n) is 12.0. The van der Waals surface area contributed by atoms with Gasteiger partial charge in [0, 0.05) is 41.3 Å². The summed E-state index contributed by atoms with van der Waals surface area (Å²) in [4.78, 5) is 19.2. The van der Waals surface area contributed by atoms with E-state index >= 15 is 0 Å². The average molecular weight is 638 g/mol. The summed E-state index contributed by atoms with van der Waals surface area (Å²) < 4.78 is 34.6. The molecule has 1 unspecified atom stereocenters. The van der Waals surface area contributed by atoms with Crippen molar-refractivity contribution < 1.29 is 17.9 Å². The largest absolute Gasteiger partial charge is 0.487 e. The van der Waals surface area contributed by atoms with Crippen molar-refractivity contribution >= 4 is 74.8 Å². The standard InChI is InChI=1S/C26H30Cl2N4O4S.2ClH/c1-17-9-10-18-6-4-8-22(25(18)30-17)36-16-19-20(27)11-12-23(24(19)28)37(34,35)32-14-5-7-21(32)26(33)29-13-15-31(2)3;;/h4,6,8-12,21H,5,7,13-16H2,1-3H3,(H,29,33);2*1H. The van der Waals surface area contributed by atoms with Gasteiger partial charge in [0.25, 0.3) is 0 Å². The van der Waals surface area contributed by atoms with E-state index in [1.165, 1.54) is 16.4 Å². The molecule has 1 N–H and O–H groups in total. The molecule has 4 rings (SSSR count). The van der Waals surface area contributed by atoms with Crippen molar-refractivity contribution in [2.75, 3.05) is 33.7 Å². The van der Waals surface area contributed by atoms with Crippen LogP contribution >= 0.6 is 48.0 Å². The molecule has 0 saturated carbocycles. The van der Waals surface area contributed by atoms with Crippen molar-refractivity contribution in [3.05, 3.63) is 63.8 Å². The smallest absolute Gasteiger partial charge is 0.245 e. The number of carbonyl (C=O) groups is 1. The van der Waals surface area contributed by atoms with Gasteiger partial charge in [0.1, 0.15) is 28.8 Å². The Labute approximate surface area is 251 Å². The summed E-state index contributed by atoms with van der Waals surface area (Å²) >= 11 is 13.1. The van der Waals surface area contributed by atoms with Crippen molar-refractivity contribution in [1.29, 1.82) is 0 Å². The van der Waals surface area contributed by atoms with Crippen LogP contribution in [0.4, 0.5) is 0 Å². The molecule has 1 saturated heterocycles. The maximum absolute atomic E-state index is 13.7. The predicted molar refractivity (Wildman–Crippen MR) is 160 cm³/mol. The number of hydrogen-bond acceptors (Lipinski definition) is 6. The van der Waals surface area contributed by atoms with Crippen molar-refractivity contribution in [1.82, 2.24) is 19.5 Å². The SMILES string of the molecule is Cc1ccc2cccc(OCc3c(Cl)ccc(S(=O)(=O)N4CCCC4C(=O)NCCN(C)C)c3Cl)c2n1.Cl.Cl. The number of aromatic nitrogens is 1. The van der Waals surface area contributed by atoms with Crippen LogP contribution in [0.5, 0.6) is 5.75 Å². The van der Waals surface area contributed by atoms with Gasteiger partial charge in [0.2, 0.25) is 15.9 Å². The Bertz CT molecular complexity index is 1420. The number of carbonyl (C=O) groups excluding carboxylic acids is 1. The number of fused-ring (bicyclic) bond motifs is 1. The summed E-state index contributed by atoms with van der Waals surface area (Å²) in [6.07, 6.45) is 1.03. The van der Waals surface area contributed by atoms with Crippen LogP contribution in [0.1, 0.15) is 24.1 Å². The van der Waals surface area contributed by atoms with Gasteiger partial charge in [-0.3, -0.25) is 4.79 Å². The van der Waals surface area contributed by atoms with Gasteiger partial charge in [-0.1, -0.05) is 41.4 Å². The highest BCUT2D eigenvalue weighted by Crippen LogP contribution is 2.36. The summed E-state index contributed by atoms with van der Waals surface area (Å²) in [7, 11) is -0.258. The third kappa shape index (κ3) is 7.47. The topological polar surface area (TPSA) is 91.8 Å². The van der Waals surface area contributed by atoms with E-state index < -0.39 is 16.1 Å². The first-order valence-corrected chi connectivity index (χ1v) is 14.2. The van der Waals surface area contributed by atoms with Crippen molar-refractivity contribution in [3.8, 4) is 5.75 Å². The summed E-state index contributed by atoms with van der Waals surface area (Å²) in [6, 6.07) is 11.5. The number of nitrogens with one attached hydrogen (secondary N) is 1. The monoisotopic (exact) mass is 636 g/mol. The van der Waals surface area contributed by atoms with E-state index in [0.717, 1.165) is 11.1 Å². The molecule has 13 heteroatoms. The minimum absolute atomic E-state index is 0. The van der Waals surface area contributed by atoms with Gasteiger partial charge in [0.05, 0.1) is 5.02 Å². The Hall–Kier alpha value is -1.85. The molecule has 3 aromatic rings. The van der Waals surface area contributed by atoms with Crippen molar-refractivity contribution in [2.24, 2.45) is 0 Å². The number of halogens is 4. The number of amides is 1. The van der Waals surface area contributed by atoms with Crippen LogP contribution in [0.15, 0.2) is 47.4 Å². The molecule has 0 spiro atoms. The summed E-state index contributed by atoms with van der Waals surface area (Å²) in [5.74, 6) is 0.228. The van der Waals surface area contributed by atoms with E-state index in [9.17, 15) is 13.2 Å². The second kappa shape index (κ2) is 14.2. The zero-order valence-corrected chi connectivity index (χ0v) is 25.8. The molecule has 0 aliphatic carbocycles. The highest BCUT2D eigenvalue weighted by atomic mass is 35.5. The third-order valence-electron chi connectivity index (χ3n) is 6.30. The molecule has 1 aromatic heterocycles. The zero-order valence-electron chi connectivity index (χ0n) is 21.8. The van der Waals surface area contributed by atoms with Gasteiger partial charge in [-0.15, -0.1) is 24.8 Å². The summed E-state index contributed by atoms with van der Waals surface area (Å²) in [5.41, 5.74) is 1.89. The van der Waals surface area contributed by atoms with Gasteiger partial charge >= 0.3 is 0 Å². The maximum atomic E-state index is 13.7. The van der Waals surface area contributed by atoms with E-state index in [4.69, 9.17) is 27.9 Å². The van der Waals surface area contributed by atoms with E-state index in [1.54, 1.807) is 6.07 Å². The van der Waals surface area contributed by atoms with Crippen LogP contribution in [0.25, 0.3) is 10.9 Å². The fourth-order valence-electron chi connectivity index (χ4n) is 4.33. The van der Waals surface area contributed by atoms with Crippen LogP contribution in [0.2, 0.25) is 10.0 Å². The normalized spacial score (nSPS) is 15.6. The minimum atomic E-state index is -4.06. The number of ether oxygens (including phenoxy) is 1. The highest BCUT2D eigenvalue weighted by Gasteiger charge is 2.40. The van der Waals surface area contributed by atoms with Gasteiger partial charge in [-0.2, -0.15) is 4.31 Å². The number of benzene rings is 2. The Balaban J connectivity index is 0.00000267. The molecule has 1 aliphatic heterocycles. The Morgan fingerprint density at radius 2 is 1.90 bits per heavy atom. The Morgan fingerprint density at radius 3 is 2.62 bits per heavy atom.